The first-order chi connectivity index (χ1) is 12.6. The summed E-state index contributed by atoms with van der Waals surface area (Å²) in [6.45, 7) is 8.31. The van der Waals surface area contributed by atoms with Gasteiger partial charge in [0.05, 0.1) is 11.1 Å². The first-order valence-electron chi connectivity index (χ1n) is 9.92. The normalized spacial score (nSPS) is 32.5. The van der Waals surface area contributed by atoms with Crippen LogP contribution in [0.4, 0.5) is 4.79 Å². The second-order valence-electron chi connectivity index (χ2n) is 9.42. The number of hydrogen-bond acceptors (Lipinski definition) is 4. The smallest absolute Gasteiger partial charge is 0.411 e. The van der Waals surface area contributed by atoms with Crippen molar-refractivity contribution in [3.63, 3.8) is 0 Å². The van der Waals surface area contributed by atoms with Gasteiger partial charge in [0.1, 0.15) is 5.60 Å². The van der Waals surface area contributed by atoms with E-state index in [0.717, 1.165) is 25.7 Å². The lowest BCUT2D eigenvalue weighted by Gasteiger charge is -2.59. The van der Waals surface area contributed by atoms with Crippen molar-refractivity contribution in [3.8, 4) is 0 Å². The van der Waals surface area contributed by atoms with Crippen LogP contribution in [0.2, 0.25) is 0 Å². The van der Waals surface area contributed by atoms with Gasteiger partial charge in [0.25, 0.3) is 5.69 Å². The van der Waals surface area contributed by atoms with Crippen molar-refractivity contribution in [1.29, 1.82) is 0 Å². The molecule has 2 aliphatic carbocycles. The summed E-state index contributed by atoms with van der Waals surface area (Å²) in [5.74, 6) is 0.0944. The third-order valence-corrected chi connectivity index (χ3v) is 6.40. The molecule has 2 bridgehead atoms. The highest BCUT2D eigenvalue weighted by atomic mass is 16.6. The van der Waals surface area contributed by atoms with Crippen LogP contribution in [0.5, 0.6) is 0 Å². The Morgan fingerprint density at radius 2 is 2.15 bits per heavy atom. The van der Waals surface area contributed by atoms with E-state index in [1.165, 1.54) is 6.20 Å². The van der Waals surface area contributed by atoms with Crippen molar-refractivity contribution in [2.45, 2.75) is 64.5 Å². The number of piperidine rings is 1. The fourth-order valence-corrected chi connectivity index (χ4v) is 5.69. The maximum Gasteiger partial charge on any atom is 0.411 e. The zero-order chi connectivity index (χ0) is 19.6. The molecule has 0 radical (unpaired) electrons. The Labute approximate surface area is 160 Å². The number of amides is 1. The molecule has 2 heterocycles. The molecule has 0 aromatic carbocycles. The molecule has 1 aromatic rings. The van der Waals surface area contributed by atoms with E-state index in [4.69, 9.17) is 4.74 Å². The molecule has 0 spiro atoms. The van der Waals surface area contributed by atoms with E-state index < -0.39 is 11.1 Å². The molecular formula is C21H28N2O4. The van der Waals surface area contributed by atoms with Gasteiger partial charge in [0.15, 0.2) is 6.20 Å². The predicted octanol–water partition coefficient (Wildman–Crippen LogP) is 3.40. The summed E-state index contributed by atoms with van der Waals surface area (Å²) < 4.78 is 6.43. The van der Waals surface area contributed by atoms with Crippen molar-refractivity contribution in [3.05, 3.63) is 34.8 Å². The Morgan fingerprint density at radius 3 is 2.85 bits per heavy atom. The number of aromatic nitrogens is 1. The van der Waals surface area contributed by atoms with Gasteiger partial charge in [-0.25, -0.2) is 4.79 Å². The quantitative estimate of drug-likeness (QED) is 0.517. The Bertz CT molecular complexity index is 800. The molecule has 6 heteroatoms. The summed E-state index contributed by atoms with van der Waals surface area (Å²) in [7, 11) is 0. The van der Waals surface area contributed by atoms with Gasteiger partial charge in [-0.05, 0) is 64.4 Å². The molecule has 27 heavy (non-hydrogen) atoms. The first kappa shape index (κ1) is 18.3. The molecule has 1 amide bonds. The van der Waals surface area contributed by atoms with E-state index in [2.05, 4.69) is 6.92 Å². The average Bonchev–Trinajstić information content (AvgIpc) is 2.57. The predicted molar refractivity (Wildman–Crippen MR) is 99.0 cm³/mol. The fourth-order valence-electron chi connectivity index (χ4n) is 5.69. The van der Waals surface area contributed by atoms with Gasteiger partial charge >= 0.3 is 6.09 Å². The Balaban J connectivity index is 1.91. The minimum atomic E-state index is -0.625. The molecule has 3 aliphatic rings. The van der Waals surface area contributed by atoms with Crippen LogP contribution in [0.15, 0.2) is 18.3 Å². The minimum Gasteiger partial charge on any atom is -0.618 e. The van der Waals surface area contributed by atoms with Gasteiger partial charge in [0.2, 0.25) is 5.78 Å². The maximum atomic E-state index is 13.2. The number of nitrogens with zero attached hydrogens (tertiary/aromatic N) is 2. The second-order valence-corrected chi connectivity index (χ2v) is 9.42. The first-order valence-corrected chi connectivity index (χ1v) is 9.92. The van der Waals surface area contributed by atoms with Gasteiger partial charge < -0.3 is 9.94 Å². The third-order valence-electron chi connectivity index (χ3n) is 6.40. The molecule has 1 saturated heterocycles. The summed E-state index contributed by atoms with van der Waals surface area (Å²) in [6.07, 6.45) is 4.33. The highest BCUT2D eigenvalue weighted by Gasteiger charge is 2.63. The van der Waals surface area contributed by atoms with E-state index in [1.54, 1.807) is 6.07 Å². The van der Waals surface area contributed by atoms with Crippen LogP contribution in [-0.2, 0) is 10.3 Å². The van der Waals surface area contributed by atoms with Crippen LogP contribution in [0.25, 0.3) is 0 Å². The highest BCUT2D eigenvalue weighted by molar-refractivity contribution is 5.98. The van der Waals surface area contributed by atoms with Crippen LogP contribution in [-0.4, -0.2) is 28.9 Å². The summed E-state index contributed by atoms with van der Waals surface area (Å²) in [5.41, 5.74) is -0.285. The van der Waals surface area contributed by atoms with Gasteiger partial charge in [0, 0.05) is 18.5 Å². The van der Waals surface area contributed by atoms with Crippen molar-refractivity contribution in [2.75, 3.05) is 6.54 Å². The summed E-state index contributed by atoms with van der Waals surface area (Å²) in [6, 6.07) is 3.55. The zero-order valence-corrected chi connectivity index (χ0v) is 16.5. The Hall–Kier alpha value is -2.11. The molecule has 4 rings (SSSR count). The molecule has 0 N–H and O–H groups in total. The molecule has 146 valence electrons. The number of rotatable bonds is 0. The number of fused-ring (bicyclic) bond motifs is 1. The molecule has 1 saturated carbocycles. The number of hydrogen-bond donors (Lipinski definition) is 0. The largest absolute Gasteiger partial charge is 0.618 e. The number of pyridine rings is 1. The standard InChI is InChI=1S/C21H28N2O4/c1-13-11-14-15-7-5-9-22(19(25)27-20(2,3)4)21(15,12-13)16-8-6-10-23(26)17(16)18(14)24/h6,8,10,13-15H,5,7,9,11-12H2,1-4H3. The van der Waals surface area contributed by atoms with Crippen LogP contribution in [0, 0.1) is 23.0 Å². The third kappa shape index (κ3) is 2.64. The molecule has 1 aliphatic heterocycles. The highest BCUT2D eigenvalue weighted by Crippen LogP contribution is 2.58. The molecular weight excluding hydrogens is 344 g/mol. The van der Waals surface area contributed by atoms with E-state index in [1.807, 2.05) is 31.7 Å². The molecule has 6 nitrogen and oxygen atoms in total. The number of carbonyl (C=O) groups excluding carboxylic acids is 2. The molecule has 1 aromatic heterocycles. The molecule has 4 unspecified atom stereocenters. The van der Waals surface area contributed by atoms with Crippen LogP contribution < -0.4 is 4.73 Å². The monoisotopic (exact) mass is 372 g/mol. The Morgan fingerprint density at radius 1 is 1.41 bits per heavy atom. The van der Waals surface area contributed by atoms with Gasteiger partial charge in [-0.1, -0.05) is 6.92 Å². The van der Waals surface area contributed by atoms with E-state index in [9.17, 15) is 14.8 Å². The van der Waals surface area contributed by atoms with Crippen LogP contribution in [0.1, 0.15) is 69.4 Å². The lowest BCUT2D eigenvalue weighted by molar-refractivity contribution is -0.609. The number of ether oxygens (including phenoxy) is 1. The summed E-state index contributed by atoms with van der Waals surface area (Å²) in [5, 5.41) is 12.5. The van der Waals surface area contributed by atoms with E-state index in [0.29, 0.717) is 22.8 Å². The van der Waals surface area contributed by atoms with E-state index >= 15 is 0 Å². The summed E-state index contributed by atoms with van der Waals surface area (Å²) in [4.78, 5) is 28.2. The topological polar surface area (TPSA) is 73.5 Å². The van der Waals surface area contributed by atoms with E-state index in [-0.39, 0.29) is 29.4 Å². The minimum absolute atomic E-state index is 0.0531. The van der Waals surface area contributed by atoms with Gasteiger partial charge in [-0.2, -0.15) is 4.73 Å². The second kappa shape index (κ2) is 5.94. The van der Waals surface area contributed by atoms with Crippen molar-refractivity contribution in [1.82, 2.24) is 4.90 Å². The number of ketones is 1. The average molecular weight is 372 g/mol. The maximum absolute atomic E-state index is 13.2. The zero-order valence-electron chi connectivity index (χ0n) is 16.5. The van der Waals surface area contributed by atoms with Gasteiger partial charge in [-0.3, -0.25) is 9.69 Å². The summed E-state index contributed by atoms with van der Waals surface area (Å²) >= 11 is 0. The number of carbonyl (C=O) groups is 2. The van der Waals surface area contributed by atoms with Crippen molar-refractivity contribution in [2.24, 2.45) is 17.8 Å². The van der Waals surface area contributed by atoms with Gasteiger partial charge in [-0.15, -0.1) is 0 Å². The Kier molecular flexibility index (Phi) is 4.02. The lowest BCUT2D eigenvalue weighted by atomic mass is 9.53. The lowest BCUT2D eigenvalue weighted by Crippen LogP contribution is -2.66. The number of Topliss-reactive ketones (excluding diaryl/α,β-unsaturated/α-hetero) is 1. The molecule has 4 atom stereocenters. The number of likely N-dealkylation sites (tertiary alicyclic amines) is 1. The van der Waals surface area contributed by atoms with Crippen LogP contribution >= 0.6 is 0 Å². The fraction of sp³-hybridized carbons (Fsp3) is 0.667. The molecule has 2 fully saturated rings. The SMILES string of the molecule is CC1CC2C(=O)c3c(ccc[n+]3[O-])C3(C1)C2CCCN3C(=O)OC(C)(C)C. The van der Waals surface area contributed by atoms with Crippen molar-refractivity contribution < 1.29 is 19.1 Å². The van der Waals surface area contributed by atoms with Crippen molar-refractivity contribution >= 4 is 11.9 Å². The van der Waals surface area contributed by atoms with Crippen LogP contribution in [0.3, 0.4) is 0 Å².